The summed E-state index contributed by atoms with van der Waals surface area (Å²) < 4.78 is 33.7. The first kappa shape index (κ1) is 26.7. The standard InChI is InChI=1S/C30H28F2N6O3/c1-37-13-20-18(6-5-8-25(20)36-37)17-10-23(31)21(24(32)11-17)14-38-15-22(28-19(30(38)41)12-33-16-34-28)29(40)35-26-7-3-2-4-9-27(26)39/h5-6,8,10-13,15-16,26-27,39H,2-4,7,9,14H2,1H3,(H,35,40)/t26-,27-/m0/s1. The summed E-state index contributed by atoms with van der Waals surface area (Å²) in [4.78, 5) is 34.8. The van der Waals surface area contributed by atoms with Crippen molar-refractivity contribution in [2.45, 2.75) is 50.8 Å². The van der Waals surface area contributed by atoms with Crippen LogP contribution in [-0.2, 0) is 13.6 Å². The summed E-state index contributed by atoms with van der Waals surface area (Å²) in [5.41, 5.74) is 0.928. The van der Waals surface area contributed by atoms with Gasteiger partial charge in [-0.2, -0.15) is 5.10 Å². The number of hydrogen-bond acceptors (Lipinski definition) is 6. The lowest BCUT2D eigenvalue weighted by atomic mass is 9.99. The van der Waals surface area contributed by atoms with E-state index in [0.717, 1.165) is 29.2 Å². The zero-order valence-electron chi connectivity index (χ0n) is 22.3. The number of nitrogens with one attached hydrogen (secondary N) is 1. The Kier molecular flexibility index (Phi) is 7.04. The van der Waals surface area contributed by atoms with Crippen LogP contribution in [0.3, 0.4) is 0 Å². The van der Waals surface area contributed by atoms with Crippen LogP contribution in [0.25, 0.3) is 32.9 Å². The summed E-state index contributed by atoms with van der Waals surface area (Å²) >= 11 is 0. The Hall–Kier alpha value is -4.51. The highest BCUT2D eigenvalue weighted by molar-refractivity contribution is 6.05. The van der Waals surface area contributed by atoms with Crippen LogP contribution in [0.5, 0.6) is 0 Å². The highest BCUT2D eigenvalue weighted by Crippen LogP contribution is 2.31. The molecule has 0 spiro atoms. The molecule has 210 valence electrons. The molecule has 2 aromatic carbocycles. The van der Waals surface area contributed by atoms with Crippen molar-refractivity contribution in [3.63, 3.8) is 0 Å². The lowest BCUT2D eigenvalue weighted by Gasteiger charge is -2.22. The second kappa shape index (κ2) is 10.8. The second-order valence-corrected chi connectivity index (χ2v) is 10.5. The molecule has 3 heterocycles. The molecule has 5 aromatic rings. The number of aryl methyl sites for hydroxylation is 1. The van der Waals surface area contributed by atoms with Crippen molar-refractivity contribution in [3.05, 3.63) is 88.4 Å². The number of pyridine rings is 1. The summed E-state index contributed by atoms with van der Waals surface area (Å²) in [6.45, 7) is -0.453. The predicted octanol–water partition coefficient (Wildman–Crippen LogP) is 4.10. The smallest absolute Gasteiger partial charge is 0.261 e. The summed E-state index contributed by atoms with van der Waals surface area (Å²) in [6.07, 6.45) is 8.78. The van der Waals surface area contributed by atoms with Gasteiger partial charge in [-0.3, -0.25) is 14.3 Å². The number of aliphatic hydroxyl groups excluding tert-OH is 1. The average molecular weight is 559 g/mol. The maximum Gasteiger partial charge on any atom is 0.261 e. The SMILES string of the molecule is Cn1cc2c(-c3cc(F)c(Cn4cc(C(=O)N[C@H]5CCCCC[C@@H]5O)c5ncncc5c4=O)c(F)c3)cccc2n1. The number of aliphatic hydroxyl groups is 1. The third kappa shape index (κ3) is 5.08. The summed E-state index contributed by atoms with van der Waals surface area (Å²) in [6, 6.07) is 7.37. The highest BCUT2D eigenvalue weighted by atomic mass is 19.1. The fraction of sp³-hybridized carbons (Fsp3) is 0.300. The predicted molar refractivity (Wildman–Crippen MR) is 149 cm³/mol. The van der Waals surface area contributed by atoms with Crippen molar-refractivity contribution in [1.29, 1.82) is 0 Å². The molecule has 0 unspecified atom stereocenters. The molecule has 0 radical (unpaired) electrons. The fourth-order valence-corrected chi connectivity index (χ4v) is 5.61. The van der Waals surface area contributed by atoms with Gasteiger partial charge in [-0.25, -0.2) is 18.7 Å². The van der Waals surface area contributed by atoms with Crippen LogP contribution in [0, 0.1) is 11.6 Å². The van der Waals surface area contributed by atoms with E-state index < -0.39 is 41.8 Å². The Bertz CT molecular complexity index is 1830. The minimum Gasteiger partial charge on any atom is -0.391 e. The first-order chi connectivity index (χ1) is 19.8. The number of carbonyl (C=O) groups is 1. The molecule has 3 aromatic heterocycles. The third-order valence-corrected chi connectivity index (χ3v) is 7.73. The van der Waals surface area contributed by atoms with Gasteiger partial charge in [0.1, 0.15) is 18.0 Å². The molecule has 1 saturated carbocycles. The third-order valence-electron chi connectivity index (χ3n) is 7.73. The van der Waals surface area contributed by atoms with E-state index in [0.29, 0.717) is 29.5 Å². The van der Waals surface area contributed by atoms with Gasteiger partial charge in [-0.1, -0.05) is 31.4 Å². The van der Waals surface area contributed by atoms with Crippen molar-refractivity contribution in [2.75, 3.05) is 0 Å². The largest absolute Gasteiger partial charge is 0.391 e. The van der Waals surface area contributed by atoms with Gasteiger partial charge in [0.05, 0.1) is 40.7 Å². The molecular weight excluding hydrogens is 530 g/mol. The van der Waals surface area contributed by atoms with Crippen molar-refractivity contribution >= 4 is 27.7 Å². The Morgan fingerprint density at radius 1 is 1.10 bits per heavy atom. The van der Waals surface area contributed by atoms with Crippen LogP contribution < -0.4 is 10.9 Å². The summed E-state index contributed by atoms with van der Waals surface area (Å²) in [5.74, 6) is -2.19. The number of fused-ring (bicyclic) bond motifs is 2. The molecular formula is C30H28F2N6O3. The van der Waals surface area contributed by atoms with E-state index in [2.05, 4.69) is 20.4 Å². The number of hydrogen-bond donors (Lipinski definition) is 2. The maximum atomic E-state index is 15.5. The number of halogens is 2. The number of rotatable bonds is 5. The van der Waals surface area contributed by atoms with Crippen molar-refractivity contribution in [1.82, 2.24) is 29.6 Å². The minimum atomic E-state index is -0.829. The van der Waals surface area contributed by atoms with E-state index in [1.54, 1.807) is 30.1 Å². The Morgan fingerprint density at radius 3 is 2.68 bits per heavy atom. The van der Waals surface area contributed by atoms with Crippen LogP contribution in [0.1, 0.15) is 48.0 Å². The molecule has 1 fully saturated rings. The van der Waals surface area contributed by atoms with Gasteiger partial charge in [0.2, 0.25) is 0 Å². The Labute approximate surface area is 233 Å². The van der Waals surface area contributed by atoms with Gasteiger partial charge in [0.15, 0.2) is 0 Å². The van der Waals surface area contributed by atoms with Crippen LogP contribution in [0.15, 0.2) is 60.0 Å². The Balaban J connectivity index is 1.38. The molecule has 9 nitrogen and oxygen atoms in total. The fourth-order valence-electron chi connectivity index (χ4n) is 5.61. The lowest BCUT2D eigenvalue weighted by Crippen LogP contribution is -2.43. The number of nitrogens with zero attached hydrogens (tertiary/aromatic N) is 5. The van der Waals surface area contributed by atoms with Gasteiger partial charge in [-0.15, -0.1) is 0 Å². The van der Waals surface area contributed by atoms with Crippen LogP contribution in [-0.4, -0.2) is 47.5 Å². The van der Waals surface area contributed by atoms with Crippen LogP contribution in [0.4, 0.5) is 8.78 Å². The maximum absolute atomic E-state index is 15.5. The summed E-state index contributed by atoms with van der Waals surface area (Å²) in [7, 11) is 1.77. The molecule has 2 N–H and O–H groups in total. The second-order valence-electron chi connectivity index (χ2n) is 10.5. The summed E-state index contributed by atoms with van der Waals surface area (Å²) in [5, 5.41) is 18.5. The monoisotopic (exact) mass is 558 g/mol. The highest BCUT2D eigenvalue weighted by Gasteiger charge is 2.26. The van der Waals surface area contributed by atoms with E-state index in [-0.39, 0.29) is 22.0 Å². The molecule has 0 aliphatic heterocycles. The van der Waals surface area contributed by atoms with E-state index in [1.165, 1.54) is 30.9 Å². The Morgan fingerprint density at radius 2 is 1.88 bits per heavy atom. The molecule has 0 saturated heterocycles. The molecule has 1 aliphatic carbocycles. The zero-order chi connectivity index (χ0) is 28.7. The van der Waals surface area contributed by atoms with Crippen molar-refractivity contribution < 1.29 is 18.7 Å². The van der Waals surface area contributed by atoms with E-state index >= 15 is 8.78 Å². The van der Waals surface area contributed by atoms with Gasteiger partial charge in [0.25, 0.3) is 11.5 Å². The van der Waals surface area contributed by atoms with Gasteiger partial charge in [-0.05, 0) is 42.2 Å². The van der Waals surface area contributed by atoms with E-state index in [4.69, 9.17) is 0 Å². The van der Waals surface area contributed by atoms with E-state index in [9.17, 15) is 14.7 Å². The van der Waals surface area contributed by atoms with Gasteiger partial charge < -0.3 is 15.0 Å². The number of carbonyl (C=O) groups excluding carboxylic acids is 1. The normalized spacial score (nSPS) is 17.6. The average Bonchev–Trinajstić information content (AvgIpc) is 3.23. The molecule has 11 heteroatoms. The molecule has 2 atom stereocenters. The lowest BCUT2D eigenvalue weighted by molar-refractivity contribution is 0.0819. The van der Waals surface area contributed by atoms with Gasteiger partial charge >= 0.3 is 0 Å². The van der Waals surface area contributed by atoms with Crippen molar-refractivity contribution in [2.24, 2.45) is 7.05 Å². The first-order valence-corrected chi connectivity index (χ1v) is 13.5. The minimum absolute atomic E-state index is 0.0438. The molecule has 0 bridgehead atoms. The number of aromatic nitrogens is 5. The first-order valence-electron chi connectivity index (χ1n) is 13.5. The van der Waals surface area contributed by atoms with Crippen molar-refractivity contribution in [3.8, 4) is 11.1 Å². The molecule has 41 heavy (non-hydrogen) atoms. The van der Waals surface area contributed by atoms with E-state index in [1.807, 2.05) is 6.07 Å². The van der Waals surface area contributed by atoms with Crippen LogP contribution >= 0.6 is 0 Å². The zero-order valence-corrected chi connectivity index (χ0v) is 22.3. The number of benzene rings is 2. The molecule has 1 aliphatic rings. The quantitative estimate of drug-likeness (QED) is 0.314. The molecule has 1 amide bonds. The topological polar surface area (TPSA) is 115 Å². The number of amides is 1. The molecule has 6 rings (SSSR count). The van der Waals surface area contributed by atoms with Gasteiger partial charge in [0, 0.05) is 36.6 Å². The van der Waals surface area contributed by atoms with Crippen LogP contribution in [0.2, 0.25) is 0 Å².